The van der Waals surface area contributed by atoms with E-state index in [2.05, 4.69) is 21.7 Å². The maximum atomic E-state index is 6.03. The molecule has 1 aliphatic rings. The molecule has 1 unspecified atom stereocenters. The van der Waals surface area contributed by atoms with Gasteiger partial charge in [0.05, 0.1) is 17.8 Å². The lowest BCUT2D eigenvalue weighted by Gasteiger charge is -2.18. The van der Waals surface area contributed by atoms with Gasteiger partial charge in [0.1, 0.15) is 5.75 Å². The third-order valence-corrected chi connectivity index (χ3v) is 4.13. The van der Waals surface area contributed by atoms with E-state index in [-0.39, 0.29) is 0 Å². The van der Waals surface area contributed by atoms with Gasteiger partial charge in [-0.2, -0.15) is 0 Å². The van der Waals surface area contributed by atoms with Crippen LogP contribution in [-0.4, -0.2) is 11.6 Å². The van der Waals surface area contributed by atoms with Crippen molar-refractivity contribution in [1.82, 2.24) is 10.3 Å². The Morgan fingerprint density at radius 3 is 3.26 bits per heavy atom. The summed E-state index contributed by atoms with van der Waals surface area (Å²) in [6.45, 7) is 1.54. The zero-order valence-corrected chi connectivity index (χ0v) is 12.0. The predicted octanol–water partition coefficient (Wildman–Crippen LogP) is 3.80. The molecular weight excluding hydrogens is 280 g/mol. The minimum atomic E-state index is 0.302. The zero-order chi connectivity index (χ0) is 13.1. The number of aromatic nitrogens is 1. The van der Waals surface area contributed by atoms with Crippen molar-refractivity contribution in [2.75, 3.05) is 6.61 Å². The number of hydrogen-bond donors (Lipinski definition) is 1. The number of hydrogen-bond acceptors (Lipinski definition) is 4. The fourth-order valence-electron chi connectivity index (χ4n) is 2.31. The van der Waals surface area contributed by atoms with Crippen LogP contribution in [0.5, 0.6) is 5.75 Å². The fraction of sp³-hybridized carbons (Fsp3) is 0.357. The van der Waals surface area contributed by atoms with Crippen molar-refractivity contribution in [3.8, 4) is 5.75 Å². The second kappa shape index (κ2) is 5.90. The van der Waals surface area contributed by atoms with Gasteiger partial charge in [0, 0.05) is 28.6 Å². The lowest BCUT2D eigenvalue weighted by molar-refractivity contribution is 0.315. The van der Waals surface area contributed by atoms with Gasteiger partial charge >= 0.3 is 0 Å². The third-order valence-electron chi connectivity index (χ3n) is 3.26. The van der Waals surface area contributed by atoms with Gasteiger partial charge in [0.15, 0.2) is 0 Å². The molecule has 1 aromatic carbocycles. The maximum absolute atomic E-state index is 6.03. The van der Waals surface area contributed by atoms with E-state index >= 15 is 0 Å². The lowest BCUT2D eigenvalue weighted by Crippen LogP contribution is -2.20. The Balaban J connectivity index is 1.78. The van der Waals surface area contributed by atoms with Crippen LogP contribution in [0.4, 0.5) is 0 Å². The summed E-state index contributed by atoms with van der Waals surface area (Å²) >= 11 is 7.65. The number of nitrogens with zero attached hydrogens (tertiary/aromatic N) is 1. The molecule has 100 valence electrons. The minimum Gasteiger partial charge on any atom is -0.493 e. The van der Waals surface area contributed by atoms with Crippen LogP contribution in [0, 0.1) is 0 Å². The first-order valence-electron chi connectivity index (χ1n) is 6.35. The van der Waals surface area contributed by atoms with Crippen LogP contribution >= 0.6 is 22.9 Å². The van der Waals surface area contributed by atoms with Gasteiger partial charge in [-0.3, -0.25) is 0 Å². The zero-order valence-electron chi connectivity index (χ0n) is 10.4. The molecule has 3 nitrogen and oxygen atoms in total. The molecule has 0 fully saturated rings. The molecule has 0 radical (unpaired) electrons. The second-order valence-corrected chi connectivity index (χ2v) is 5.74. The highest BCUT2D eigenvalue weighted by Gasteiger charge is 2.19. The van der Waals surface area contributed by atoms with Gasteiger partial charge in [0.2, 0.25) is 0 Å². The van der Waals surface area contributed by atoms with Crippen molar-refractivity contribution in [3.63, 3.8) is 0 Å². The molecule has 1 atom stereocenters. The molecule has 2 aromatic rings. The summed E-state index contributed by atoms with van der Waals surface area (Å²) in [7, 11) is 0. The number of halogens is 1. The van der Waals surface area contributed by atoms with Crippen LogP contribution in [0.25, 0.3) is 0 Å². The van der Waals surface area contributed by atoms with Crippen molar-refractivity contribution in [2.45, 2.75) is 25.4 Å². The van der Waals surface area contributed by atoms with Crippen LogP contribution in [0.1, 0.15) is 30.1 Å². The SMILES string of the molecule is Clc1ccc2c(c1)OCCCC2NCc1cscn1. The molecule has 0 saturated carbocycles. The van der Waals surface area contributed by atoms with Crippen molar-refractivity contribution in [2.24, 2.45) is 0 Å². The first-order valence-corrected chi connectivity index (χ1v) is 7.68. The number of ether oxygens (including phenoxy) is 1. The molecule has 1 N–H and O–H groups in total. The van der Waals surface area contributed by atoms with E-state index in [1.54, 1.807) is 11.3 Å². The van der Waals surface area contributed by atoms with Crippen LogP contribution < -0.4 is 10.1 Å². The van der Waals surface area contributed by atoms with Gasteiger partial charge < -0.3 is 10.1 Å². The van der Waals surface area contributed by atoms with Crippen LogP contribution in [0.2, 0.25) is 5.02 Å². The average molecular weight is 295 g/mol. The standard InChI is InChI=1S/C14H15ClN2OS/c15-10-3-4-12-13(2-1-5-18-14(12)6-10)16-7-11-8-19-9-17-11/h3-4,6,8-9,13,16H,1-2,5,7H2. The smallest absolute Gasteiger partial charge is 0.125 e. The Hall–Kier alpha value is -1.10. The molecule has 0 spiro atoms. The molecule has 0 saturated heterocycles. The molecule has 0 aliphatic carbocycles. The molecule has 19 heavy (non-hydrogen) atoms. The van der Waals surface area contributed by atoms with Crippen molar-refractivity contribution in [1.29, 1.82) is 0 Å². The number of fused-ring (bicyclic) bond motifs is 1. The summed E-state index contributed by atoms with van der Waals surface area (Å²) in [6, 6.07) is 6.19. The van der Waals surface area contributed by atoms with E-state index in [9.17, 15) is 0 Å². The Kier molecular flexibility index (Phi) is 4.01. The summed E-state index contributed by atoms with van der Waals surface area (Å²) in [4.78, 5) is 4.30. The Morgan fingerprint density at radius 2 is 2.42 bits per heavy atom. The molecule has 0 amide bonds. The number of nitrogens with one attached hydrogen (secondary N) is 1. The molecule has 1 aliphatic heterocycles. The summed E-state index contributed by atoms with van der Waals surface area (Å²) in [6.07, 6.45) is 2.11. The van der Waals surface area contributed by atoms with E-state index in [0.717, 1.165) is 42.5 Å². The second-order valence-electron chi connectivity index (χ2n) is 4.59. The molecule has 3 rings (SSSR count). The van der Waals surface area contributed by atoms with Gasteiger partial charge in [-0.1, -0.05) is 17.7 Å². The monoisotopic (exact) mass is 294 g/mol. The normalized spacial score (nSPS) is 18.5. The summed E-state index contributed by atoms with van der Waals surface area (Å²) in [5, 5.41) is 6.35. The molecular formula is C14H15ClN2OS. The van der Waals surface area contributed by atoms with E-state index in [1.165, 1.54) is 5.56 Å². The topological polar surface area (TPSA) is 34.1 Å². The summed E-state index contributed by atoms with van der Waals surface area (Å²) < 4.78 is 5.76. The first-order chi connectivity index (χ1) is 9.33. The highest BCUT2D eigenvalue weighted by molar-refractivity contribution is 7.07. The maximum Gasteiger partial charge on any atom is 0.125 e. The number of rotatable bonds is 3. The average Bonchev–Trinajstić information content (AvgIpc) is 2.84. The van der Waals surface area contributed by atoms with Crippen molar-refractivity contribution < 1.29 is 4.74 Å². The molecule has 5 heteroatoms. The molecule has 0 bridgehead atoms. The van der Waals surface area contributed by atoms with Crippen LogP contribution in [-0.2, 0) is 6.54 Å². The van der Waals surface area contributed by atoms with Gasteiger partial charge in [-0.05, 0) is 25.0 Å². The van der Waals surface area contributed by atoms with E-state index in [4.69, 9.17) is 16.3 Å². The first kappa shape index (κ1) is 12.9. The number of thiazole rings is 1. The van der Waals surface area contributed by atoms with Crippen LogP contribution in [0.15, 0.2) is 29.1 Å². The molecule has 2 heterocycles. The molecule has 1 aromatic heterocycles. The Morgan fingerprint density at radius 1 is 1.47 bits per heavy atom. The Bertz CT molecular complexity index is 544. The van der Waals surface area contributed by atoms with Gasteiger partial charge in [-0.15, -0.1) is 11.3 Å². The van der Waals surface area contributed by atoms with Gasteiger partial charge in [0.25, 0.3) is 0 Å². The summed E-state index contributed by atoms with van der Waals surface area (Å²) in [5.74, 6) is 0.903. The van der Waals surface area contributed by atoms with E-state index < -0.39 is 0 Å². The van der Waals surface area contributed by atoms with Crippen molar-refractivity contribution >= 4 is 22.9 Å². The van der Waals surface area contributed by atoms with Crippen molar-refractivity contribution in [3.05, 3.63) is 45.4 Å². The Labute approximate surface area is 121 Å². The lowest BCUT2D eigenvalue weighted by atomic mass is 10.0. The largest absolute Gasteiger partial charge is 0.493 e. The minimum absolute atomic E-state index is 0.302. The number of benzene rings is 1. The van der Waals surface area contributed by atoms with E-state index in [1.807, 2.05) is 17.6 Å². The quantitative estimate of drug-likeness (QED) is 0.935. The summed E-state index contributed by atoms with van der Waals surface area (Å²) in [5.41, 5.74) is 4.14. The highest BCUT2D eigenvalue weighted by Crippen LogP contribution is 2.33. The predicted molar refractivity (Wildman–Crippen MR) is 77.9 cm³/mol. The van der Waals surface area contributed by atoms with Gasteiger partial charge in [-0.25, -0.2) is 4.98 Å². The van der Waals surface area contributed by atoms with Crippen LogP contribution in [0.3, 0.4) is 0 Å². The van der Waals surface area contributed by atoms with E-state index in [0.29, 0.717) is 6.04 Å². The highest BCUT2D eigenvalue weighted by atomic mass is 35.5. The third kappa shape index (κ3) is 3.08. The fourth-order valence-corrected chi connectivity index (χ4v) is 3.03.